The highest BCUT2D eigenvalue weighted by Crippen LogP contribution is 2.03. The fourth-order valence-corrected chi connectivity index (χ4v) is 2.24. The number of nitrogens with one attached hydrogen (secondary N) is 2. The zero-order valence-corrected chi connectivity index (χ0v) is 12.6. The molecule has 0 aliphatic carbocycles. The van der Waals surface area contributed by atoms with Crippen molar-refractivity contribution in [2.75, 3.05) is 13.1 Å². The maximum Gasteiger partial charge on any atom is 0.166 e. The lowest BCUT2D eigenvalue weighted by Crippen LogP contribution is -2.37. The Morgan fingerprint density at radius 1 is 0.857 bits per heavy atom. The molecule has 2 aromatic rings. The molecule has 0 aromatic heterocycles. The first-order valence-electron chi connectivity index (χ1n) is 7.04. The number of benzene rings is 2. The zero-order valence-electron chi connectivity index (χ0n) is 11.8. The Labute approximate surface area is 130 Å². The molecular formula is C17H19FN2S. The van der Waals surface area contributed by atoms with Crippen LogP contribution in [0.25, 0.3) is 0 Å². The van der Waals surface area contributed by atoms with E-state index in [1.807, 2.05) is 24.3 Å². The van der Waals surface area contributed by atoms with E-state index in [0.29, 0.717) is 11.7 Å². The highest BCUT2D eigenvalue weighted by molar-refractivity contribution is 7.80. The Morgan fingerprint density at radius 3 is 2.14 bits per heavy atom. The zero-order chi connectivity index (χ0) is 14.9. The lowest BCUT2D eigenvalue weighted by molar-refractivity contribution is 0.625. The molecule has 0 aliphatic heterocycles. The van der Waals surface area contributed by atoms with E-state index in [4.69, 9.17) is 12.2 Å². The van der Waals surface area contributed by atoms with E-state index in [-0.39, 0.29) is 5.82 Å². The normalized spacial score (nSPS) is 10.1. The Balaban J connectivity index is 1.61. The summed E-state index contributed by atoms with van der Waals surface area (Å²) >= 11 is 5.21. The largest absolute Gasteiger partial charge is 0.362 e. The van der Waals surface area contributed by atoms with Crippen LogP contribution in [0.15, 0.2) is 54.6 Å². The first-order chi connectivity index (χ1) is 10.2. The van der Waals surface area contributed by atoms with Crippen LogP contribution in [-0.2, 0) is 12.8 Å². The van der Waals surface area contributed by atoms with E-state index >= 15 is 0 Å². The van der Waals surface area contributed by atoms with Crippen molar-refractivity contribution in [2.24, 2.45) is 0 Å². The van der Waals surface area contributed by atoms with Gasteiger partial charge >= 0.3 is 0 Å². The SMILES string of the molecule is Fc1cccc(CCNC(=S)NCCc2ccccc2)c1. The number of rotatable bonds is 6. The van der Waals surface area contributed by atoms with Crippen LogP contribution in [0.5, 0.6) is 0 Å². The van der Waals surface area contributed by atoms with Crippen LogP contribution in [0.2, 0.25) is 0 Å². The summed E-state index contributed by atoms with van der Waals surface area (Å²) in [7, 11) is 0. The van der Waals surface area contributed by atoms with Crippen LogP contribution in [0.4, 0.5) is 4.39 Å². The van der Waals surface area contributed by atoms with Crippen molar-refractivity contribution in [1.29, 1.82) is 0 Å². The van der Waals surface area contributed by atoms with Gasteiger partial charge in [-0.25, -0.2) is 4.39 Å². The van der Waals surface area contributed by atoms with Crippen molar-refractivity contribution in [3.8, 4) is 0 Å². The molecule has 2 rings (SSSR count). The summed E-state index contributed by atoms with van der Waals surface area (Å²) in [5.41, 5.74) is 2.25. The van der Waals surface area contributed by atoms with Crippen LogP contribution < -0.4 is 10.6 Å². The molecule has 0 unspecified atom stereocenters. The third kappa shape index (κ3) is 5.92. The predicted octanol–water partition coefficient (Wildman–Crippen LogP) is 3.08. The molecule has 0 aliphatic rings. The molecule has 2 aromatic carbocycles. The standard InChI is InChI=1S/C17H19FN2S/c18-16-8-4-7-15(13-16)10-12-20-17(21)19-11-9-14-5-2-1-3-6-14/h1-8,13H,9-12H2,(H2,19,20,21). The smallest absolute Gasteiger partial charge is 0.166 e. The lowest BCUT2D eigenvalue weighted by Gasteiger charge is -2.10. The first-order valence-corrected chi connectivity index (χ1v) is 7.45. The van der Waals surface area contributed by atoms with Crippen LogP contribution >= 0.6 is 12.2 Å². The maximum atomic E-state index is 13.0. The molecule has 21 heavy (non-hydrogen) atoms. The van der Waals surface area contributed by atoms with Gasteiger partial charge in [0, 0.05) is 13.1 Å². The molecule has 0 fully saturated rings. The Kier molecular flexibility index (Phi) is 6.16. The van der Waals surface area contributed by atoms with E-state index in [2.05, 4.69) is 22.8 Å². The summed E-state index contributed by atoms with van der Waals surface area (Å²) < 4.78 is 13.0. The summed E-state index contributed by atoms with van der Waals surface area (Å²) in [4.78, 5) is 0. The molecule has 2 nitrogen and oxygen atoms in total. The van der Waals surface area contributed by atoms with Crippen molar-refractivity contribution in [1.82, 2.24) is 10.6 Å². The van der Waals surface area contributed by atoms with Gasteiger partial charge in [0.1, 0.15) is 5.82 Å². The topological polar surface area (TPSA) is 24.1 Å². The van der Waals surface area contributed by atoms with Gasteiger partial charge in [-0.3, -0.25) is 0 Å². The summed E-state index contributed by atoms with van der Waals surface area (Å²) in [6, 6.07) is 16.9. The van der Waals surface area contributed by atoms with E-state index in [1.54, 1.807) is 12.1 Å². The van der Waals surface area contributed by atoms with Gasteiger partial charge in [-0.2, -0.15) is 0 Å². The maximum absolute atomic E-state index is 13.0. The molecular weight excluding hydrogens is 283 g/mol. The van der Waals surface area contributed by atoms with Crippen molar-refractivity contribution in [3.63, 3.8) is 0 Å². The molecule has 0 bridgehead atoms. The minimum absolute atomic E-state index is 0.198. The van der Waals surface area contributed by atoms with E-state index < -0.39 is 0 Å². The van der Waals surface area contributed by atoms with Gasteiger partial charge in [0.15, 0.2) is 5.11 Å². The predicted molar refractivity (Wildman–Crippen MR) is 88.9 cm³/mol. The third-order valence-corrected chi connectivity index (χ3v) is 3.42. The second-order valence-corrected chi connectivity index (χ2v) is 5.21. The number of hydrogen-bond acceptors (Lipinski definition) is 1. The summed E-state index contributed by atoms with van der Waals surface area (Å²) in [6.45, 7) is 1.50. The second-order valence-electron chi connectivity index (χ2n) is 4.80. The fraction of sp³-hybridized carbons (Fsp3) is 0.235. The molecule has 0 atom stereocenters. The monoisotopic (exact) mass is 302 g/mol. The van der Waals surface area contributed by atoms with Gasteiger partial charge < -0.3 is 10.6 Å². The Morgan fingerprint density at radius 2 is 1.48 bits per heavy atom. The minimum atomic E-state index is -0.198. The van der Waals surface area contributed by atoms with Gasteiger partial charge in [0.2, 0.25) is 0 Å². The van der Waals surface area contributed by atoms with Crippen molar-refractivity contribution in [2.45, 2.75) is 12.8 Å². The molecule has 0 heterocycles. The number of halogens is 1. The van der Waals surface area contributed by atoms with Gasteiger partial charge in [-0.15, -0.1) is 0 Å². The van der Waals surface area contributed by atoms with Crippen molar-refractivity contribution in [3.05, 3.63) is 71.5 Å². The average Bonchev–Trinajstić information content (AvgIpc) is 2.48. The number of thiocarbonyl (C=S) groups is 1. The molecule has 0 radical (unpaired) electrons. The van der Waals surface area contributed by atoms with Gasteiger partial charge in [0.25, 0.3) is 0 Å². The average molecular weight is 302 g/mol. The molecule has 2 N–H and O–H groups in total. The first kappa shape index (κ1) is 15.4. The van der Waals surface area contributed by atoms with Gasteiger partial charge in [-0.05, 0) is 48.3 Å². The number of hydrogen-bond donors (Lipinski definition) is 2. The second kappa shape index (κ2) is 8.37. The summed E-state index contributed by atoms with van der Waals surface area (Å²) in [5, 5.41) is 6.95. The van der Waals surface area contributed by atoms with Crippen molar-refractivity contribution < 1.29 is 4.39 Å². The van der Waals surface area contributed by atoms with Crippen LogP contribution in [0.3, 0.4) is 0 Å². The summed E-state index contributed by atoms with van der Waals surface area (Å²) in [5.74, 6) is -0.198. The van der Waals surface area contributed by atoms with Crippen LogP contribution in [0.1, 0.15) is 11.1 Å². The Bertz CT molecular complexity index is 572. The van der Waals surface area contributed by atoms with E-state index in [9.17, 15) is 4.39 Å². The van der Waals surface area contributed by atoms with Gasteiger partial charge in [-0.1, -0.05) is 42.5 Å². The third-order valence-electron chi connectivity index (χ3n) is 3.13. The quantitative estimate of drug-likeness (QED) is 0.802. The molecule has 0 spiro atoms. The fourth-order valence-electron chi connectivity index (χ4n) is 2.04. The molecule has 0 saturated heterocycles. The van der Waals surface area contributed by atoms with Crippen LogP contribution in [0, 0.1) is 5.82 Å². The minimum Gasteiger partial charge on any atom is -0.362 e. The van der Waals surface area contributed by atoms with Crippen molar-refractivity contribution >= 4 is 17.3 Å². The van der Waals surface area contributed by atoms with E-state index in [1.165, 1.54) is 11.6 Å². The molecule has 0 saturated carbocycles. The van der Waals surface area contributed by atoms with E-state index in [0.717, 1.165) is 24.9 Å². The molecule has 110 valence electrons. The van der Waals surface area contributed by atoms with Gasteiger partial charge in [0.05, 0.1) is 0 Å². The summed E-state index contributed by atoms with van der Waals surface area (Å²) in [6.07, 6.45) is 1.69. The lowest BCUT2D eigenvalue weighted by atomic mass is 10.1. The Hall–Kier alpha value is -1.94. The molecule has 4 heteroatoms. The highest BCUT2D eigenvalue weighted by Gasteiger charge is 1.98. The molecule has 0 amide bonds. The highest BCUT2D eigenvalue weighted by atomic mass is 32.1. The van der Waals surface area contributed by atoms with Crippen LogP contribution in [-0.4, -0.2) is 18.2 Å².